The zero-order valence-electron chi connectivity index (χ0n) is 17.9. The van der Waals surface area contributed by atoms with Crippen LogP contribution < -0.4 is 4.74 Å². The van der Waals surface area contributed by atoms with Crippen molar-refractivity contribution in [2.45, 2.75) is 19.8 Å². The molecule has 5 nitrogen and oxygen atoms in total. The van der Waals surface area contributed by atoms with Crippen LogP contribution in [-0.2, 0) is 0 Å². The monoisotopic (exact) mass is 418 g/mol. The van der Waals surface area contributed by atoms with Gasteiger partial charge in [-0.1, -0.05) is 66.7 Å². The van der Waals surface area contributed by atoms with Crippen molar-refractivity contribution in [1.29, 1.82) is 0 Å². The molecule has 1 aliphatic rings. The topological polar surface area (TPSA) is 44.9 Å². The first-order valence-electron chi connectivity index (χ1n) is 10.7. The fourth-order valence-corrected chi connectivity index (χ4v) is 4.60. The van der Waals surface area contributed by atoms with Gasteiger partial charge in [-0.2, -0.15) is 10.2 Å². The molecule has 0 bridgehead atoms. The Morgan fingerprint density at radius 2 is 1.00 bits per heavy atom. The smallest absolute Gasteiger partial charge is 0.229 e. The molecule has 0 unspecified atom stereocenters. The van der Waals surface area contributed by atoms with Crippen LogP contribution in [-0.4, -0.2) is 19.6 Å². The standard InChI is InChI=1S/C27H22N4O/c1-18-23-25(20-12-6-3-7-13-20)24-19(2)29-31(22-16-10-5-11-17-22)27(24)32-26(23)30(28-18)21-14-8-4-9-15-21/h3-17,25H,1-2H3. The quantitative estimate of drug-likeness (QED) is 0.356. The zero-order chi connectivity index (χ0) is 21.7. The number of aromatic nitrogens is 4. The van der Waals surface area contributed by atoms with E-state index in [0.717, 1.165) is 45.6 Å². The molecular weight excluding hydrogens is 396 g/mol. The number of rotatable bonds is 3. The van der Waals surface area contributed by atoms with Crippen LogP contribution in [0, 0.1) is 13.8 Å². The van der Waals surface area contributed by atoms with Crippen LogP contribution in [0.5, 0.6) is 11.8 Å². The lowest BCUT2D eigenvalue weighted by atomic mass is 9.84. The first kappa shape index (κ1) is 18.6. The highest BCUT2D eigenvalue weighted by Gasteiger charge is 2.39. The molecule has 0 fully saturated rings. The summed E-state index contributed by atoms with van der Waals surface area (Å²) in [6.07, 6.45) is 0. The maximum Gasteiger partial charge on any atom is 0.229 e. The third-order valence-electron chi connectivity index (χ3n) is 6.03. The summed E-state index contributed by atoms with van der Waals surface area (Å²) in [5.41, 5.74) is 7.21. The van der Waals surface area contributed by atoms with Crippen molar-refractivity contribution in [3.05, 3.63) is 119 Å². The Balaban J connectivity index is 1.64. The molecule has 3 heterocycles. The fraction of sp³-hybridized carbons (Fsp3) is 0.111. The number of aryl methyl sites for hydroxylation is 2. The van der Waals surface area contributed by atoms with E-state index in [1.54, 1.807) is 0 Å². The van der Waals surface area contributed by atoms with Crippen LogP contribution in [0.4, 0.5) is 0 Å². The molecule has 5 heteroatoms. The Morgan fingerprint density at radius 3 is 1.44 bits per heavy atom. The molecule has 0 aliphatic carbocycles. The van der Waals surface area contributed by atoms with Gasteiger partial charge in [0, 0.05) is 17.0 Å². The molecule has 0 amide bonds. The number of fused-ring (bicyclic) bond motifs is 2. The SMILES string of the molecule is Cc1nn(-c2ccccc2)c2c1C(c1ccccc1)c1c(C)nn(-c3ccccc3)c1O2. The lowest BCUT2D eigenvalue weighted by molar-refractivity contribution is 0.392. The minimum atomic E-state index is -0.00938. The highest BCUT2D eigenvalue weighted by Crippen LogP contribution is 2.50. The van der Waals surface area contributed by atoms with Crippen molar-refractivity contribution in [3.63, 3.8) is 0 Å². The highest BCUT2D eigenvalue weighted by molar-refractivity contribution is 5.60. The van der Waals surface area contributed by atoms with E-state index < -0.39 is 0 Å². The molecule has 0 radical (unpaired) electrons. The van der Waals surface area contributed by atoms with Gasteiger partial charge in [-0.15, -0.1) is 0 Å². The summed E-state index contributed by atoms with van der Waals surface area (Å²) in [7, 11) is 0. The zero-order valence-corrected chi connectivity index (χ0v) is 17.9. The van der Waals surface area contributed by atoms with Gasteiger partial charge >= 0.3 is 0 Å². The molecule has 0 saturated carbocycles. The summed E-state index contributed by atoms with van der Waals surface area (Å²) < 4.78 is 10.5. The van der Waals surface area contributed by atoms with Crippen molar-refractivity contribution in [3.8, 4) is 23.1 Å². The molecule has 2 aromatic heterocycles. The average Bonchev–Trinajstić information content (AvgIpc) is 3.36. The first-order chi connectivity index (χ1) is 15.7. The van der Waals surface area contributed by atoms with Crippen molar-refractivity contribution in [2.24, 2.45) is 0 Å². The molecule has 3 aromatic carbocycles. The summed E-state index contributed by atoms with van der Waals surface area (Å²) in [6.45, 7) is 4.11. The van der Waals surface area contributed by atoms with Gasteiger partial charge in [0.15, 0.2) is 0 Å². The van der Waals surface area contributed by atoms with E-state index >= 15 is 0 Å². The van der Waals surface area contributed by atoms with Gasteiger partial charge in [0.1, 0.15) is 0 Å². The van der Waals surface area contributed by atoms with Crippen LogP contribution in [0.2, 0.25) is 0 Å². The number of hydrogen-bond donors (Lipinski definition) is 0. The van der Waals surface area contributed by atoms with E-state index in [1.807, 2.05) is 76.1 Å². The Bertz CT molecular complexity index is 1310. The Labute approximate surface area is 186 Å². The fourth-order valence-electron chi connectivity index (χ4n) is 4.60. The predicted molar refractivity (Wildman–Crippen MR) is 124 cm³/mol. The van der Waals surface area contributed by atoms with E-state index in [0.29, 0.717) is 0 Å². The van der Waals surface area contributed by atoms with Crippen LogP contribution >= 0.6 is 0 Å². The summed E-state index contributed by atoms with van der Waals surface area (Å²) in [5.74, 6) is 1.48. The van der Waals surface area contributed by atoms with Gasteiger partial charge in [-0.05, 0) is 43.7 Å². The molecule has 0 N–H and O–H groups in total. The minimum absolute atomic E-state index is 0.00938. The summed E-state index contributed by atoms with van der Waals surface area (Å²) >= 11 is 0. The van der Waals surface area contributed by atoms with Gasteiger partial charge in [0.25, 0.3) is 0 Å². The second-order valence-corrected chi connectivity index (χ2v) is 8.05. The molecule has 0 saturated heterocycles. The molecule has 0 atom stereocenters. The molecule has 5 aromatic rings. The number of para-hydroxylation sites is 2. The minimum Gasteiger partial charge on any atom is -0.420 e. The van der Waals surface area contributed by atoms with Crippen molar-refractivity contribution in [1.82, 2.24) is 19.6 Å². The van der Waals surface area contributed by atoms with Gasteiger partial charge in [0.05, 0.1) is 22.8 Å². The Kier molecular flexibility index (Phi) is 4.21. The van der Waals surface area contributed by atoms with E-state index in [9.17, 15) is 0 Å². The van der Waals surface area contributed by atoms with E-state index in [2.05, 4.69) is 38.1 Å². The van der Waals surface area contributed by atoms with E-state index in [4.69, 9.17) is 14.9 Å². The van der Waals surface area contributed by atoms with Crippen LogP contribution in [0.3, 0.4) is 0 Å². The molecule has 6 rings (SSSR count). The third kappa shape index (κ3) is 2.78. The largest absolute Gasteiger partial charge is 0.420 e. The molecule has 0 spiro atoms. The van der Waals surface area contributed by atoms with Crippen LogP contribution in [0.1, 0.15) is 34.0 Å². The van der Waals surface area contributed by atoms with Gasteiger partial charge in [0.2, 0.25) is 11.8 Å². The van der Waals surface area contributed by atoms with E-state index in [1.165, 1.54) is 5.56 Å². The first-order valence-corrected chi connectivity index (χ1v) is 10.7. The number of hydrogen-bond acceptors (Lipinski definition) is 3. The van der Waals surface area contributed by atoms with Crippen molar-refractivity contribution >= 4 is 0 Å². The lowest BCUT2D eigenvalue weighted by Crippen LogP contribution is -2.14. The maximum absolute atomic E-state index is 6.64. The summed E-state index contributed by atoms with van der Waals surface area (Å²) in [5, 5.41) is 9.79. The Hall–Kier alpha value is -4.12. The summed E-state index contributed by atoms with van der Waals surface area (Å²) in [6, 6.07) is 30.8. The summed E-state index contributed by atoms with van der Waals surface area (Å²) in [4.78, 5) is 0. The van der Waals surface area contributed by atoms with E-state index in [-0.39, 0.29) is 5.92 Å². The van der Waals surface area contributed by atoms with Gasteiger partial charge in [-0.25, -0.2) is 9.36 Å². The van der Waals surface area contributed by atoms with Gasteiger partial charge < -0.3 is 4.74 Å². The third-order valence-corrected chi connectivity index (χ3v) is 6.03. The normalized spacial score (nSPS) is 12.8. The molecule has 1 aliphatic heterocycles. The van der Waals surface area contributed by atoms with Crippen molar-refractivity contribution in [2.75, 3.05) is 0 Å². The average molecular weight is 419 g/mol. The number of nitrogens with zero attached hydrogens (tertiary/aromatic N) is 4. The highest BCUT2D eigenvalue weighted by atomic mass is 16.5. The van der Waals surface area contributed by atoms with Crippen molar-refractivity contribution < 1.29 is 4.74 Å². The maximum atomic E-state index is 6.64. The molecule has 32 heavy (non-hydrogen) atoms. The Morgan fingerprint density at radius 1 is 0.594 bits per heavy atom. The van der Waals surface area contributed by atoms with Crippen LogP contribution in [0.15, 0.2) is 91.0 Å². The second kappa shape index (κ2) is 7.24. The molecular formula is C27H22N4O. The lowest BCUT2D eigenvalue weighted by Gasteiger charge is -2.26. The second-order valence-electron chi connectivity index (χ2n) is 8.05. The van der Waals surface area contributed by atoms with Gasteiger partial charge in [-0.3, -0.25) is 0 Å². The predicted octanol–water partition coefficient (Wildman–Crippen LogP) is 5.96. The van der Waals surface area contributed by atoms with Crippen LogP contribution in [0.25, 0.3) is 11.4 Å². The molecule has 156 valence electrons. The number of benzene rings is 3. The number of ether oxygens (including phenoxy) is 1.